The summed E-state index contributed by atoms with van der Waals surface area (Å²) in [5, 5.41) is 6.53. The maximum absolute atomic E-state index is 14.5. The van der Waals surface area contributed by atoms with Gasteiger partial charge in [0.15, 0.2) is 0 Å². The first-order chi connectivity index (χ1) is 25.7. The summed E-state index contributed by atoms with van der Waals surface area (Å²) in [4.78, 5) is 73.8. The van der Waals surface area contributed by atoms with Gasteiger partial charge in [0.25, 0.3) is 5.91 Å². The van der Waals surface area contributed by atoms with Crippen LogP contribution in [0.15, 0.2) is 47.4 Å². The zero-order chi connectivity index (χ0) is 38.4. The van der Waals surface area contributed by atoms with Gasteiger partial charge in [0.2, 0.25) is 11.8 Å². The summed E-state index contributed by atoms with van der Waals surface area (Å²) in [7, 11) is -0.538. The van der Waals surface area contributed by atoms with E-state index in [9.17, 15) is 24.0 Å². The number of benzene rings is 2. The van der Waals surface area contributed by atoms with Crippen LogP contribution in [0.3, 0.4) is 0 Å². The molecule has 5 amide bonds. The van der Waals surface area contributed by atoms with Crippen molar-refractivity contribution in [2.45, 2.75) is 133 Å². The molecule has 0 spiro atoms. The van der Waals surface area contributed by atoms with Gasteiger partial charge in [-0.05, 0) is 105 Å². The lowest BCUT2D eigenvalue weighted by atomic mass is 10.0. The van der Waals surface area contributed by atoms with Crippen LogP contribution in [-0.4, -0.2) is 85.4 Å². The topological polar surface area (TPSA) is 137 Å². The first-order valence-corrected chi connectivity index (χ1v) is 20.7. The molecule has 3 fully saturated rings. The third kappa shape index (κ3) is 8.27. The second kappa shape index (κ2) is 15.2. The van der Waals surface area contributed by atoms with Crippen molar-refractivity contribution in [1.82, 2.24) is 24.7 Å². The van der Waals surface area contributed by atoms with Gasteiger partial charge in [0.05, 0.1) is 12.0 Å². The number of aryl methyl sites for hydroxylation is 1. The number of amides is 5. The number of carbonyl (C=O) groups excluding carboxylic acids is 5. The molecule has 54 heavy (non-hydrogen) atoms. The van der Waals surface area contributed by atoms with Gasteiger partial charge in [-0.25, -0.2) is 9.59 Å². The van der Waals surface area contributed by atoms with E-state index in [1.54, 1.807) is 42.1 Å². The predicted molar refractivity (Wildman–Crippen MR) is 205 cm³/mol. The van der Waals surface area contributed by atoms with Crippen LogP contribution >= 0.6 is 22.3 Å². The van der Waals surface area contributed by atoms with Crippen LogP contribution in [-0.2, 0) is 36.9 Å². The number of carbonyl (C=O) groups is 5. The van der Waals surface area contributed by atoms with Crippen LogP contribution in [0.25, 0.3) is 0 Å². The molecule has 5 aliphatic rings. The van der Waals surface area contributed by atoms with Gasteiger partial charge in [-0.15, -0.1) is 0 Å². The highest BCUT2D eigenvalue weighted by Crippen LogP contribution is 2.53. The van der Waals surface area contributed by atoms with Crippen molar-refractivity contribution in [3.05, 3.63) is 64.2 Å². The van der Waals surface area contributed by atoms with E-state index >= 15 is 0 Å². The summed E-state index contributed by atoms with van der Waals surface area (Å²) in [6.07, 6.45) is 4.07. The number of ether oxygens (including phenoxy) is 2. The Morgan fingerprint density at radius 1 is 0.981 bits per heavy atom. The number of alkyl carbamates (subject to hydrolysis) is 1. The fraction of sp³-hybridized carbons (Fsp3) is 0.550. The van der Waals surface area contributed by atoms with Crippen molar-refractivity contribution < 1.29 is 33.4 Å². The summed E-state index contributed by atoms with van der Waals surface area (Å²) >= 11 is 6.11. The summed E-state index contributed by atoms with van der Waals surface area (Å²) in [6.45, 7) is 8.07. The lowest BCUT2D eigenvalue weighted by Gasteiger charge is -2.30. The minimum atomic E-state index is -1.10. The molecule has 1 saturated carbocycles. The summed E-state index contributed by atoms with van der Waals surface area (Å²) in [5.74, 6) is -1.11. The van der Waals surface area contributed by atoms with Crippen LogP contribution < -0.4 is 10.6 Å². The van der Waals surface area contributed by atoms with Gasteiger partial charge in [-0.3, -0.25) is 23.6 Å². The van der Waals surface area contributed by atoms with E-state index in [4.69, 9.17) is 21.1 Å². The van der Waals surface area contributed by atoms with Crippen molar-refractivity contribution in [2.75, 3.05) is 6.54 Å². The molecule has 7 rings (SSSR count). The number of halogens is 1. The number of rotatable bonds is 4. The van der Waals surface area contributed by atoms with Crippen molar-refractivity contribution in [2.24, 2.45) is 5.92 Å². The number of hydrogen-bond donors (Lipinski definition) is 2. The number of nitrogens with one attached hydrogen (secondary N) is 2. The van der Waals surface area contributed by atoms with E-state index in [0.717, 1.165) is 53.7 Å². The van der Waals surface area contributed by atoms with Crippen LogP contribution in [0.1, 0.15) is 95.2 Å². The van der Waals surface area contributed by atoms with Crippen molar-refractivity contribution in [1.29, 1.82) is 0 Å². The fourth-order valence-electron chi connectivity index (χ4n) is 8.09. The number of nitrogens with zero attached hydrogens (tertiary/aromatic N) is 3. The van der Waals surface area contributed by atoms with Crippen LogP contribution in [0.4, 0.5) is 9.59 Å². The summed E-state index contributed by atoms with van der Waals surface area (Å²) < 4.78 is 13.3. The molecule has 2 aromatic rings. The second-order valence-corrected chi connectivity index (χ2v) is 18.4. The molecule has 4 aliphatic heterocycles. The highest BCUT2D eigenvalue weighted by Gasteiger charge is 2.64. The smallest absolute Gasteiger partial charge is 0.410 e. The van der Waals surface area contributed by atoms with E-state index < -0.39 is 64.0 Å². The molecule has 0 bridgehead atoms. The minimum absolute atomic E-state index is 0.0285. The molecular formula is C40H50ClN5O7S. The van der Waals surface area contributed by atoms with Gasteiger partial charge in [0.1, 0.15) is 29.3 Å². The van der Waals surface area contributed by atoms with Crippen LogP contribution in [0, 0.1) is 12.8 Å². The Balaban J connectivity index is 1.12. The quantitative estimate of drug-likeness (QED) is 0.342. The molecule has 1 unspecified atom stereocenters. The monoisotopic (exact) mass is 779 g/mol. The molecule has 2 aromatic carbocycles. The normalized spacial score (nSPS) is 28.3. The van der Waals surface area contributed by atoms with Gasteiger partial charge in [0, 0.05) is 29.4 Å². The predicted octanol–water partition coefficient (Wildman–Crippen LogP) is 6.43. The molecule has 12 nitrogen and oxygen atoms in total. The molecular weight excluding hydrogens is 730 g/mol. The van der Waals surface area contributed by atoms with Gasteiger partial charge < -0.3 is 25.0 Å². The average molecular weight is 780 g/mol. The van der Waals surface area contributed by atoms with E-state index in [1.165, 1.54) is 4.90 Å². The minimum Gasteiger partial charge on any atom is -0.444 e. The van der Waals surface area contributed by atoms with Gasteiger partial charge >= 0.3 is 12.2 Å². The van der Waals surface area contributed by atoms with Gasteiger partial charge in [-0.2, -0.15) is 0 Å². The molecule has 4 heterocycles. The molecule has 290 valence electrons. The molecule has 6 atom stereocenters. The molecule has 2 saturated heterocycles. The van der Waals surface area contributed by atoms with Crippen LogP contribution in [0.2, 0.25) is 5.02 Å². The zero-order valence-corrected chi connectivity index (χ0v) is 33.0. The largest absolute Gasteiger partial charge is 0.444 e. The maximum atomic E-state index is 14.5. The highest BCUT2D eigenvalue weighted by molar-refractivity contribution is 8.20. The lowest BCUT2D eigenvalue weighted by Crippen LogP contribution is -2.57. The fourth-order valence-corrected chi connectivity index (χ4v) is 9.69. The Kier molecular flexibility index (Phi) is 10.8. The summed E-state index contributed by atoms with van der Waals surface area (Å²) in [5.41, 5.74) is 3.26. The Morgan fingerprint density at radius 2 is 1.70 bits per heavy atom. The molecule has 2 N–H and O–H groups in total. The average Bonchev–Trinajstić information content (AvgIpc) is 3.94. The first kappa shape index (κ1) is 38.2. The maximum Gasteiger partial charge on any atom is 0.410 e. The standard InChI is InChI=1S/C40H50ClN5O7S/c1-25-11-10-12-26-21-44(23-31(25)26)38(51)52-29-19-33-34(47)43-40(36(49)46-24-54(46)30-17-15-28(41)16-18-30)20-27(40)13-8-6-5-7-9-14-32(35(48)45(33)22-29)42-37(50)53-39(2,3)4/h10-12,15-18,24,27,29,32-33H,5-9,13-14,19-23H2,1-4H3,(H,42,50)(H,43,47)/t27-,29-,32+,33+,40-,46?,54?/m1/s1. The Hall–Kier alpha value is -4.10. The number of fused-ring (bicyclic) bond motifs is 3. The third-order valence-corrected chi connectivity index (χ3v) is 13.0. The Bertz CT molecular complexity index is 1870. The van der Waals surface area contributed by atoms with Gasteiger partial charge in [-0.1, -0.05) is 61.9 Å². The molecule has 1 aliphatic carbocycles. The van der Waals surface area contributed by atoms with E-state index in [1.807, 2.05) is 42.7 Å². The van der Waals surface area contributed by atoms with Crippen molar-refractivity contribution in [3.8, 4) is 0 Å². The molecule has 14 heteroatoms. The highest BCUT2D eigenvalue weighted by atomic mass is 35.5. The molecule has 0 aromatic heterocycles. The van der Waals surface area contributed by atoms with E-state index in [-0.39, 0.29) is 24.8 Å². The SMILES string of the molecule is Cc1cccc2c1CN(C(=O)O[C@@H]1C[C@H]3C(=O)N[C@]4(C(=O)N5C=S5c5ccc(Cl)cc5)C[C@H]4CCCCCCC[C@H](NC(=O)OC(C)(C)C)C(=O)N3C1)C2. The van der Waals surface area contributed by atoms with E-state index in [0.29, 0.717) is 37.4 Å². The Labute approximate surface area is 324 Å². The third-order valence-electron chi connectivity index (χ3n) is 11.1. The zero-order valence-electron chi connectivity index (χ0n) is 31.4. The Morgan fingerprint density at radius 3 is 2.43 bits per heavy atom. The van der Waals surface area contributed by atoms with Crippen molar-refractivity contribution >= 4 is 57.7 Å². The molecule has 0 radical (unpaired) electrons. The van der Waals surface area contributed by atoms with Crippen LogP contribution in [0.5, 0.6) is 0 Å². The van der Waals surface area contributed by atoms with Crippen molar-refractivity contribution in [3.63, 3.8) is 0 Å². The summed E-state index contributed by atoms with van der Waals surface area (Å²) in [6, 6.07) is 11.4. The second-order valence-electron chi connectivity index (χ2n) is 16.2. The lowest BCUT2D eigenvalue weighted by molar-refractivity contribution is -0.141. The van der Waals surface area contributed by atoms with E-state index in [2.05, 4.69) is 10.6 Å². The number of hydrogen-bond acceptors (Lipinski definition) is 7. The first-order valence-electron chi connectivity index (χ1n) is 19.0.